The van der Waals surface area contributed by atoms with E-state index in [-0.39, 0.29) is 5.91 Å². The van der Waals surface area contributed by atoms with Gasteiger partial charge in [0.15, 0.2) is 5.69 Å². The number of benzene rings is 1. The largest absolute Gasteiger partial charge is 0.335 e. The Hall–Kier alpha value is -3.17. The van der Waals surface area contributed by atoms with Crippen molar-refractivity contribution in [3.05, 3.63) is 59.9 Å². The number of nitriles is 1. The highest BCUT2D eigenvalue weighted by Crippen LogP contribution is 2.24. The number of nitrogens with zero attached hydrogens (tertiary/aromatic N) is 4. The van der Waals surface area contributed by atoms with Crippen LogP contribution in [0.1, 0.15) is 16.1 Å². The highest BCUT2D eigenvalue weighted by molar-refractivity contribution is 6.00. The van der Waals surface area contributed by atoms with Crippen molar-refractivity contribution in [3.63, 3.8) is 0 Å². The van der Waals surface area contributed by atoms with Crippen molar-refractivity contribution in [1.29, 1.82) is 5.26 Å². The number of fused-ring (bicyclic) bond motifs is 1. The summed E-state index contributed by atoms with van der Waals surface area (Å²) in [6, 6.07) is 15.1. The second kappa shape index (κ2) is 6.38. The van der Waals surface area contributed by atoms with Gasteiger partial charge in [-0.05, 0) is 36.4 Å². The minimum Gasteiger partial charge on any atom is -0.335 e. The number of hydrogen-bond donors (Lipinski definition) is 1. The Balaban J connectivity index is 1.80. The monoisotopic (exact) mass is 331 g/mol. The van der Waals surface area contributed by atoms with Crippen molar-refractivity contribution in [1.82, 2.24) is 19.6 Å². The van der Waals surface area contributed by atoms with E-state index in [2.05, 4.69) is 16.4 Å². The molecule has 0 saturated carbocycles. The number of aromatic nitrogens is 2. The molecule has 1 N–H and O–H groups in total. The van der Waals surface area contributed by atoms with Crippen molar-refractivity contribution in [2.24, 2.45) is 0 Å². The van der Waals surface area contributed by atoms with Gasteiger partial charge in [0.2, 0.25) is 0 Å². The predicted octanol–water partition coefficient (Wildman–Crippen LogP) is 1.92. The van der Waals surface area contributed by atoms with Crippen LogP contribution >= 0.6 is 0 Å². The fourth-order valence-corrected chi connectivity index (χ4v) is 3.11. The molecule has 1 fully saturated rings. The maximum Gasteiger partial charge on any atom is 0.274 e. The summed E-state index contributed by atoms with van der Waals surface area (Å²) in [4.78, 5) is 19.4. The Morgan fingerprint density at radius 2 is 1.88 bits per heavy atom. The topological polar surface area (TPSA) is 73.4 Å². The normalized spacial score (nSPS) is 14.4. The Kier molecular flexibility index (Phi) is 3.92. The molecule has 0 unspecified atom stereocenters. The Morgan fingerprint density at radius 3 is 2.60 bits per heavy atom. The number of pyridine rings is 1. The lowest BCUT2D eigenvalue weighted by molar-refractivity contribution is 0.0732. The average molecular weight is 331 g/mol. The van der Waals surface area contributed by atoms with Gasteiger partial charge in [-0.1, -0.05) is 6.07 Å². The van der Waals surface area contributed by atoms with Crippen molar-refractivity contribution in [2.45, 2.75) is 0 Å². The molecule has 1 saturated heterocycles. The first-order valence-corrected chi connectivity index (χ1v) is 8.25. The zero-order chi connectivity index (χ0) is 17.2. The Morgan fingerprint density at radius 1 is 1.12 bits per heavy atom. The lowest BCUT2D eigenvalue weighted by atomic mass is 10.1. The summed E-state index contributed by atoms with van der Waals surface area (Å²) in [6.45, 7) is 2.99. The first kappa shape index (κ1) is 15.4. The molecular formula is C19H17N5O. The van der Waals surface area contributed by atoms with E-state index < -0.39 is 0 Å². The quantitative estimate of drug-likeness (QED) is 0.778. The molecule has 6 nitrogen and oxygen atoms in total. The van der Waals surface area contributed by atoms with Gasteiger partial charge in [0, 0.05) is 37.9 Å². The zero-order valence-corrected chi connectivity index (χ0v) is 13.6. The van der Waals surface area contributed by atoms with Crippen LogP contribution in [0.4, 0.5) is 0 Å². The van der Waals surface area contributed by atoms with Crippen LogP contribution in [0.25, 0.3) is 16.9 Å². The third kappa shape index (κ3) is 2.75. The minimum atomic E-state index is -0.0369. The van der Waals surface area contributed by atoms with E-state index in [0.29, 0.717) is 30.2 Å². The molecule has 0 bridgehead atoms. The third-order valence-electron chi connectivity index (χ3n) is 4.43. The lowest BCUT2D eigenvalue weighted by Crippen LogP contribution is -2.46. The molecule has 1 aromatic carbocycles. The van der Waals surface area contributed by atoms with Gasteiger partial charge < -0.3 is 10.2 Å². The molecule has 0 aliphatic carbocycles. The molecule has 124 valence electrons. The molecule has 4 rings (SSSR count). The third-order valence-corrected chi connectivity index (χ3v) is 4.43. The van der Waals surface area contributed by atoms with Crippen LogP contribution in [0.3, 0.4) is 0 Å². The first-order valence-electron chi connectivity index (χ1n) is 8.25. The maximum absolute atomic E-state index is 12.9. The lowest BCUT2D eigenvalue weighted by Gasteiger charge is -2.26. The van der Waals surface area contributed by atoms with E-state index in [4.69, 9.17) is 5.26 Å². The van der Waals surface area contributed by atoms with Gasteiger partial charge in [-0.15, -0.1) is 0 Å². The van der Waals surface area contributed by atoms with Crippen LogP contribution in [-0.4, -0.2) is 46.4 Å². The van der Waals surface area contributed by atoms with Crippen molar-refractivity contribution in [3.8, 4) is 17.5 Å². The van der Waals surface area contributed by atoms with Gasteiger partial charge >= 0.3 is 0 Å². The molecule has 2 aromatic heterocycles. The van der Waals surface area contributed by atoms with E-state index in [1.165, 1.54) is 0 Å². The molecule has 1 aliphatic heterocycles. The van der Waals surface area contributed by atoms with E-state index in [0.717, 1.165) is 24.2 Å². The SMILES string of the molecule is N#Cc1ccc(-c2nc(C(=O)N3CCNCC3)c3ccccn23)cc1. The molecule has 0 spiro atoms. The van der Waals surface area contributed by atoms with Crippen LogP contribution in [-0.2, 0) is 0 Å². The van der Waals surface area contributed by atoms with Gasteiger partial charge in [0.05, 0.1) is 17.1 Å². The molecule has 25 heavy (non-hydrogen) atoms. The van der Waals surface area contributed by atoms with Gasteiger partial charge in [-0.25, -0.2) is 4.98 Å². The molecule has 6 heteroatoms. The predicted molar refractivity (Wildman–Crippen MR) is 94.1 cm³/mol. The maximum atomic E-state index is 12.9. The van der Waals surface area contributed by atoms with E-state index in [1.807, 2.05) is 45.8 Å². The highest BCUT2D eigenvalue weighted by Gasteiger charge is 2.24. The fourth-order valence-electron chi connectivity index (χ4n) is 3.11. The summed E-state index contributed by atoms with van der Waals surface area (Å²) in [6.07, 6.45) is 1.91. The van der Waals surface area contributed by atoms with E-state index in [9.17, 15) is 4.79 Å². The van der Waals surface area contributed by atoms with Crippen LogP contribution in [0.2, 0.25) is 0 Å². The number of piperazine rings is 1. The fraction of sp³-hybridized carbons (Fsp3) is 0.211. The summed E-state index contributed by atoms with van der Waals surface area (Å²) in [5.74, 6) is 0.670. The Labute approximate surface area is 145 Å². The number of nitrogens with one attached hydrogen (secondary N) is 1. The van der Waals surface area contributed by atoms with E-state index >= 15 is 0 Å². The molecule has 1 amide bonds. The van der Waals surface area contributed by atoms with Crippen LogP contribution in [0.15, 0.2) is 48.7 Å². The van der Waals surface area contributed by atoms with Crippen LogP contribution in [0, 0.1) is 11.3 Å². The number of rotatable bonds is 2. The molecule has 3 aromatic rings. The van der Waals surface area contributed by atoms with Gasteiger partial charge in [-0.2, -0.15) is 5.26 Å². The first-order chi connectivity index (χ1) is 12.3. The van der Waals surface area contributed by atoms with Gasteiger partial charge in [-0.3, -0.25) is 9.20 Å². The van der Waals surface area contributed by atoms with Crippen molar-refractivity contribution in [2.75, 3.05) is 26.2 Å². The van der Waals surface area contributed by atoms with Crippen molar-refractivity contribution < 1.29 is 4.79 Å². The number of amides is 1. The summed E-state index contributed by atoms with van der Waals surface area (Å²) in [5, 5.41) is 12.2. The smallest absolute Gasteiger partial charge is 0.274 e. The number of carbonyl (C=O) groups excluding carboxylic acids is 1. The standard InChI is InChI=1S/C19H17N5O/c20-13-14-4-6-15(7-5-14)18-22-17(16-3-1-2-10-24(16)18)19(25)23-11-8-21-9-12-23/h1-7,10,21H,8-9,11-12H2. The summed E-state index contributed by atoms with van der Waals surface area (Å²) in [7, 11) is 0. The molecule has 0 atom stereocenters. The second-order valence-corrected chi connectivity index (χ2v) is 5.97. The zero-order valence-electron chi connectivity index (χ0n) is 13.6. The van der Waals surface area contributed by atoms with E-state index in [1.54, 1.807) is 12.1 Å². The number of carbonyl (C=O) groups is 1. The molecular weight excluding hydrogens is 314 g/mol. The van der Waals surface area contributed by atoms with Gasteiger partial charge in [0.1, 0.15) is 5.82 Å². The van der Waals surface area contributed by atoms with Crippen LogP contribution in [0.5, 0.6) is 0 Å². The Bertz CT molecular complexity index is 962. The van der Waals surface area contributed by atoms with Gasteiger partial charge in [0.25, 0.3) is 5.91 Å². The summed E-state index contributed by atoms with van der Waals surface area (Å²) >= 11 is 0. The highest BCUT2D eigenvalue weighted by atomic mass is 16.2. The molecule has 1 aliphatic rings. The number of imidazole rings is 1. The molecule has 0 radical (unpaired) electrons. The summed E-state index contributed by atoms with van der Waals surface area (Å²) in [5.41, 5.74) is 2.74. The minimum absolute atomic E-state index is 0.0369. The van der Waals surface area contributed by atoms with Crippen molar-refractivity contribution >= 4 is 11.4 Å². The second-order valence-electron chi connectivity index (χ2n) is 5.97. The summed E-state index contributed by atoms with van der Waals surface area (Å²) < 4.78 is 1.93. The van der Waals surface area contributed by atoms with Crippen LogP contribution < -0.4 is 5.32 Å². The number of hydrogen-bond acceptors (Lipinski definition) is 4. The average Bonchev–Trinajstić information content (AvgIpc) is 3.08. The molecule has 3 heterocycles.